The number of hydrogen-bond acceptors (Lipinski definition) is 4. The predicted octanol–water partition coefficient (Wildman–Crippen LogP) is 2.75. The standard InChI is InChI=1S/C15H19N3O/c1-15(2,3)14-17-13(19-18-14)12-8-10-6-4-5-7-11(10)9-16-12/h4-7,12,16H,8-9H2,1-3H3. The fourth-order valence-corrected chi connectivity index (χ4v) is 2.31. The van der Waals surface area contributed by atoms with E-state index in [1.807, 2.05) is 0 Å². The molecule has 0 saturated carbocycles. The molecular formula is C15H19N3O. The lowest BCUT2D eigenvalue weighted by Crippen LogP contribution is -2.28. The quantitative estimate of drug-likeness (QED) is 0.853. The Morgan fingerprint density at radius 3 is 2.63 bits per heavy atom. The molecule has 0 amide bonds. The summed E-state index contributed by atoms with van der Waals surface area (Å²) in [6.45, 7) is 7.12. The van der Waals surface area contributed by atoms with E-state index in [9.17, 15) is 0 Å². The van der Waals surface area contributed by atoms with E-state index >= 15 is 0 Å². The molecule has 0 bridgehead atoms. The maximum Gasteiger partial charge on any atom is 0.244 e. The fourth-order valence-electron chi connectivity index (χ4n) is 2.31. The number of fused-ring (bicyclic) bond motifs is 1. The molecule has 1 aromatic heterocycles. The second-order valence-corrected chi connectivity index (χ2v) is 6.11. The van der Waals surface area contributed by atoms with Gasteiger partial charge in [-0.15, -0.1) is 0 Å². The highest BCUT2D eigenvalue weighted by atomic mass is 16.5. The summed E-state index contributed by atoms with van der Waals surface area (Å²) < 4.78 is 5.42. The van der Waals surface area contributed by atoms with Gasteiger partial charge in [0.1, 0.15) is 0 Å². The van der Waals surface area contributed by atoms with Crippen molar-refractivity contribution in [2.24, 2.45) is 0 Å². The smallest absolute Gasteiger partial charge is 0.244 e. The topological polar surface area (TPSA) is 51.0 Å². The van der Waals surface area contributed by atoms with Crippen LogP contribution < -0.4 is 5.32 Å². The van der Waals surface area contributed by atoms with E-state index in [0.717, 1.165) is 18.8 Å². The molecule has 2 aromatic rings. The maximum atomic E-state index is 5.42. The number of rotatable bonds is 1. The van der Waals surface area contributed by atoms with E-state index < -0.39 is 0 Å². The van der Waals surface area contributed by atoms with Crippen LogP contribution in [0.25, 0.3) is 0 Å². The molecular weight excluding hydrogens is 238 g/mol. The Bertz CT molecular complexity index is 583. The van der Waals surface area contributed by atoms with Crippen LogP contribution in [-0.2, 0) is 18.4 Å². The van der Waals surface area contributed by atoms with Crippen molar-refractivity contribution in [3.8, 4) is 0 Å². The van der Waals surface area contributed by atoms with Gasteiger partial charge in [0, 0.05) is 12.0 Å². The molecule has 0 spiro atoms. The second kappa shape index (κ2) is 4.46. The Labute approximate surface area is 113 Å². The summed E-state index contributed by atoms with van der Waals surface area (Å²) in [5.41, 5.74) is 2.64. The number of nitrogens with one attached hydrogen (secondary N) is 1. The highest BCUT2D eigenvalue weighted by Crippen LogP contribution is 2.26. The summed E-state index contributed by atoms with van der Waals surface area (Å²) >= 11 is 0. The lowest BCUT2D eigenvalue weighted by atomic mass is 9.95. The zero-order valence-electron chi connectivity index (χ0n) is 11.6. The third-order valence-electron chi connectivity index (χ3n) is 3.49. The monoisotopic (exact) mass is 257 g/mol. The van der Waals surface area contributed by atoms with E-state index in [-0.39, 0.29) is 11.5 Å². The third-order valence-corrected chi connectivity index (χ3v) is 3.49. The Morgan fingerprint density at radius 1 is 1.21 bits per heavy atom. The Kier molecular flexibility index (Phi) is 2.90. The third kappa shape index (κ3) is 2.40. The summed E-state index contributed by atoms with van der Waals surface area (Å²) in [5.74, 6) is 1.46. The molecule has 0 radical (unpaired) electrons. The molecule has 0 aliphatic carbocycles. The average molecular weight is 257 g/mol. The highest BCUT2D eigenvalue weighted by molar-refractivity contribution is 5.30. The predicted molar refractivity (Wildman–Crippen MR) is 72.7 cm³/mol. The molecule has 0 saturated heterocycles. The van der Waals surface area contributed by atoms with Crippen LogP contribution in [-0.4, -0.2) is 10.1 Å². The summed E-state index contributed by atoms with van der Waals surface area (Å²) in [4.78, 5) is 4.54. The normalized spacial score (nSPS) is 19.2. The Balaban J connectivity index is 1.83. The van der Waals surface area contributed by atoms with Crippen LogP contribution in [0.2, 0.25) is 0 Å². The molecule has 1 unspecified atom stereocenters. The largest absolute Gasteiger partial charge is 0.338 e. The molecule has 1 aromatic carbocycles. The van der Waals surface area contributed by atoms with E-state index in [1.54, 1.807) is 0 Å². The van der Waals surface area contributed by atoms with Crippen molar-refractivity contribution in [3.63, 3.8) is 0 Å². The van der Waals surface area contributed by atoms with Gasteiger partial charge in [0.05, 0.1) is 6.04 Å². The molecule has 1 aliphatic rings. The Morgan fingerprint density at radius 2 is 1.95 bits per heavy atom. The number of hydrogen-bond donors (Lipinski definition) is 1. The molecule has 4 nitrogen and oxygen atoms in total. The van der Waals surface area contributed by atoms with Crippen LogP contribution >= 0.6 is 0 Å². The minimum Gasteiger partial charge on any atom is -0.338 e. The molecule has 100 valence electrons. The van der Waals surface area contributed by atoms with Crippen LogP contribution in [0, 0.1) is 0 Å². The van der Waals surface area contributed by atoms with Crippen molar-refractivity contribution in [1.82, 2.24) is 15.5 Å². The molecule has 4 heteroatoms. The molecule has 2 heterocycles. The highest BCUT2D eigenvalue weighted by Gasteiger charge is 2.27. The minimum absolute atomic E-state index is 0.0751. The summed E-state index contributed by atoms with van der Waals surface area (Å²) in [6.07, 6.45) is 0.905. The van der Waals surface area contributed by atoms with Crippen molar-refractivity contribution in [2.75, 3.05) is 0 Å². The molecule has 1 aliphatic heterocycles. The summed E-state index contributed by atoms with van der Waals surface area (Å²) in [7, 11) is 0. The van der Waals surface area contributed by atoms with Crippen molar-refractivity contribution >= 4 is 0 Å². The molecule has 1 atom stereocenters. The van der Waals surface area contributed by atoms with Crippen molar-refractivity contribution < 1.29 is 4.52 Å². The van der Waals surface area contributed by atoms with Crippen LogP contribution in [0.3, 0.4) is 0 Å². The first-order valence-corrected chi connectivity index (χ1v) is 6.68. The fraction of sp³-hybridized carbons (Fsp3) is 0.467. The van der Waals surface area contributed by atoms with Crippen LogP contribution in [0.5, 0.6) is 0 Å². The van der Waals surface area contributed by atoms with Crippen LogP contribution in [0.1, 0.15) is 49.7 Å². The Hall–Kier alpha value is -1.68. The van der Waals surface area contributed by atoms with Crippen LogP contribution in [0.15, 0.2) is 28.8 Å². The SMILES string of the molecule is CC(C)(C)c1noc(C2Cc3ccccc3CN2)n1. The molecule has 1 N–H and O–H groups in total. The van der Waals surface area contributed by atoms with Gasteiger partial charge in [-0.3, -0.25) is 0 Å². The van der Waals surface area contributed by atoms with Gasteiger partial charge in [-0.2, -0.15) is 4.98 Å². The lowest BCUT2D eigenvalue weighted by molar-refractivity contribution is 0.315. The summed E-state index contributed by atoms with van der Waals surface area (Å²) in [5, 5.41) is 7.55. The first-order valence-electron chi connectivity index (χ1n) is 6.68. The molecule has 0 fully saturated rings. The van der Waals surface area contributed by atoms with Crippen molar-refractivity contribution in [1.29, 1.82) is 0 Å². The number of nitrogens with zero attached hydrogens (tertiary/aromatic N) is 2. The van der Waals surface area contributed by atoms with E-state index in [1.165, 1.54) is 11.1 Å². The first kappa shape index (κ1) is 12.4. The average Bonchev–Trinajstić information content (AvgIpc) is 2.87. The van der Waals surface area contributed by atoms with E-state index in [4.69, 9.17) is 4.52 Å². The number of benzene rings is 1. The number of aromatic nitrogens is 2. The van der Waals surface area contributed by atoms with Crippen molar-refractivity contribution in [3.05, 3.63) is 47.1 Å². The maximum absolute atomic E-state index is 5.42. The first-order chi connectivity index (χ1) is 9.04. The van der Waals surface area contributed by atoms with E-state index in [0.29, 0.717) is 5.89 Å². The van der Waals surface area contributed by atoms with Gasteiger partial charge in [-0.25, -0.2) is 0 Å². The van der Waals surface area contributed by atoms with Crippen molar-refractivity contribution in [2.45, 2.75) is 45.2 Å². The second-order valence-electron chi connectivity index (χ2n) is 6.11. The lowest BCUT2D eigenvalue weighted by Gasteiger charge is -2.23. The zero-order valence-corrected chi connectivity index (χ0v) is 11.6. The van der Waals surface area contributed by atoms with Gasteiger partial charge in [-0.05, 0) is 17.5 Å². The van der Waals surface area contributed by atoms with Gasteiger partial charge in [0.15, 0.2) is 5.82 Å². The minimum atomic E-state index is -0.0751. The van der Waals surface area contributed by atoms with Gasteiger partial charge in [0.25, 0.3) is 0 Å². The molecule has 19 heavy (non-hydrogen) atoms. The van der Waals surface area contributed by atoms with Crippen LogP contribution in [0.4, 0.5) is 0 Å². The molecule has 3 rings (SSSR count). The summed E-state index contributed by atoms with van der Waals surface area (Å²) in [6, 6.07) is 8.61. The van der Waals surface area contributed by atoms with Gasteiger partial charge in [0.2, 0.25) is 5.89 Å². The van der Waals surface area contributed by atoms with Gasteiger partial charge >= 0.3 is 0 Å². The van der Waals surface area contributed by atoms with E-state index in [2.05, 4.69) is 60.5 Å². The van der Waals surface area contributed by atoms with Gasteiger partial charge in [-0.1, -0.05) is 50.2 Å². The zero-order chi connectivity index (χ0) is 13.5. The van der Waals surface area contributed by atoms with Gasteiger partial charge < -0.3 is 9.84 Å².